The van der Waals surface area contributed by atoms with Crippen LogP contribution in [0.15, 0.2) is 69.6 Å². The number of esters is 1. The maximum Gasteiger partial charge on any atom is 0.338 e. The standard InChI is InChI=1S/C25H24N2O3S/c1-5-30-24(29)21-17(4)26-25-27(22(21)18-9-7-6-8-10-18)23(28)20(31-25)14-19-12-11-15(2)13-16(19)3/h6-14,22H,5H2,1-4H3/b20-14-. The van der Waals surface area contributed by atoms with E-state index in [9.17, 15) is 9.59 Å². The molecule has 0 bridgehead atoms. The second-order valence-corrected chi connectivity index (χ2v) is 8.58. The SMILES string of the molecule is CCOC(=O)C1=C(C)N=c2s/c(=C\c3ccc(C)cc3C)c(=O)n2C1c1ccccc1. The first-order valence-corrected chi connectivity index (χ1v) is 11.0. The summed E-state index contributed by atoms with van der Waals surface area (Å²) in [6.45, 7) is 7.90. The molecule has 0 radical (unpaired) electrons. The summed E-state index contributed by atoms with van der Waals surface area (Å²) in [7, 11) is 0. The Balaban J connectivity index is 1.96. The molecule has 0 amide bonds. The molecule has 158 valence electrons. The molecule has 4 rings (SSSR count). The quantitative estimate of drug-likeness (QED) is 0.594. The maximum atomic E-state index is 13.5. The van der Waals surface area contributed by atoms with Crippen LogP contribution in [-0.2, 0) is 9.53 Å². The lowest BCUT2D eigenvalue weighted by molar-refractivity contribution is -0.139. The fourth-order valence-corrected chi connectivity index (χ4v) is 4.91. The zero-order chi connectivity index (χ0) is 22.1. The lowest BCUT2D eigenvalue weighted by Crippen LogP contribution is -2.39. The number of hydrogen-bond acceptors (Lipinski definition) is 5. The van der Waals surface area contributed by atoms with Gasteiger partial charge in [0.25, 0.3) is 5.56 Å². The van der Waals surface area contributed by atoms with Gasteiger partial charge in [-0.2, -0.15) is 0 Å². The topological polar surface area (TPSA) is 60.7 Å². The van der Waals surface area contributed by atoms with Crippen molar-refractivity contribution in [3.8, 4) is 0 Å². The van der Waals surface area contributed by atoms with Crippen molar-refractivity contribution in [3.05, 3.63) is 102 Å². The summed E-state index contributed by atoms with van der Waals surface area (Å²) in [5, 5.41) is 0. The molecule has 0 spiro atoms. The van der Waals surface area contributed by atoms with Gasteiger partial charge in [-0.1, -0.05) is 65.4 Å². The van der Waals surface area contributed by atoms with Crippen molar-refractivity contribution >= 4 is 23.4 Å². The molecule has 0 saturated heterocycles. The van der Waals surface area contributed by atoms with Gasteiger partial charge in [-0.15, -0.1) is 0 Å². The van der Waals surface area contributed by atoms with Gasteiger partial charge in [-0.05, 0) is 50.5 Å². The van der Waals surface area contributed by atoms with Gasteiger partial charge in [-0.25, -0.2) is 9.79 Å². The van der Waals surface area contributed by atoms with Gasteiger partial charge >= 0.3 is 5.97 Å². The number of ether oxygens (including phenoxy) is 1. The third kappa shape index (κ3) is 3.91. The number of nitrogens with zero attached hydrogens (tertiary/aromatic N) is 2. The van der Waals surface area contributed by atoms with E-state index in [0.717, 1.165) is 16.7 Å². The molecule has 1 unspecified atom stereocenters. The minimum absolute atomic E-state index is 0.160. The van der Waals surface area contributed by atoms with E-state index in [4.69, 9.17) is 4.74 Å². The first kappa shape index (κ1) is 21.0. The minimum Gasteiger partial charge on any atom is -0.463 e. The van der Waals surface area contributed by atoms with E-state index in [1.54, 1.807) is 18.4 Å². The molecule has 1 aromatic heterocycles. The number of aryl methyl sites for hydroxylation is 2. The van der Waals surface area contributed by atoms with Gasteiger partial charge in [-0.3, -0.25) is 9.36 Å². The van der Waals surface area contributed by atoms with E-state index >= 15 is 0 Å². The molecule has 0 saturated carbocycles. The summed E-state index contributed by atoms with van der Waals surface area (Å²) in [6, 6.07) is 15.1. The van der Waals surface area contributed by atoms with Crippen LogP contribution in [0.1, 0.15) is 42.1 Å². The molecule has 1 aliphatic rings. The third-order valence-electron chi connectivity index (χ3n) is 5.34. The molecule has 1 atom stereocenters. The Morgan fingerprint density at radius 1 is 1.16 bits per heavy atom. The molecule has 0 aliphatic carbocycles. The molecule has 1 aliphatic heterocycles. The first-order valence-electron chi connectivity index (χ1n) is 10.2. The highest BCUT2D eigenvalue weighted by Crippen LogP contribution is 2.30. The van der Waals surface area contributed by atoms with Crippen LogP contribution in [0, 0.1) is 13.8 Å². The summed E-state index contributed by atoms with van der Waals surface area (Å²) in [5.74, 6) is -0.443. The number of thiazole rings is 1. The van der Waals surface area contributed by atoms with Gasteiger partial charge in [0.15, 0.2) is 4.80 Å². The summed E-state index contributed by atoms with van der Waals surface area (Å²) in [6.07, 6.45) is 1.91. The van der Waals surface area contributed by atoms with E-state index in [2.05, 4.69) is 11.1 Å². The number of benzene rings is 2. The predicted molar refractivity (Wildman–Crippen MR) is 123 cm³/mol. The Morgan fingerprint density at radius 2 is 1.90 bits per heavy atom. The highest BCUT2D eigenvalue weighted by atomic mass is 32.1. The number of allylic oxidation sites excluding steroid dienone is 1. The van der Waals surface area contributed by atoms with Crippen LogP contribution < -0.4 is 14.9 Å². The highest BCUT2D eigenvalue weighted by molar-refractivity contribution is 7.07. The Kier molecular flexibility index (Phi) is 5.74. The molecule has 31 heavy (non-hydrogen) atoms. The van der Waals surface area contributed by atoms with Gasteiger partial charge in [0.05, 0.1) is 28.5 Å². The summed E-state index contributed by atoms with van der Waals surface area (Å²) < 4.78 is 7.52. The van der Waals surface area contributed by atoms with Crippen molar-refractivity contribution in [2.24, 2.45) is 4.99 Å². The fourth-order valence-electron chi connectivity index (χ4n) is 3.87. The third-order valence-corrected chi connectivity index (χ3v) is 6.33. The van der Waals surface area contributed by atoms with Crippen molar-refractivity contribution in [2.45, 2.75) is 33.7 Å². The molecule has 2 aromatic carbocycles. The lowest BCUT2D eigenvalue weighted by Gasteiger charge is -2.24. The molecule has 5 nitrogen and oxygen atoms in total. The van der Waals surface area contributed by atoms with E-state index in [1.807, 2.05) is 62.4 Å². The molecule has 2 heterocycles. The van der Waals surface area contributed by atoms with Crippen molar-refractivity contribution in [2.75, 3.05) is 6.61 Å². The average Bonchev–Trinajstić information content (AvgIpc) is 3.04. The van der Waals surface area contributed by atoms with E-state index in [1.165, 1.54) is 16.9 Å². The van der Waals surface area contributed by atoms with Gasteiger partial charge < -0.3 is 4.74 Å². The summed E-state index contributed by atoms with van der Waals surface area (Å²) in [4.78, 5) is 31.5. The van der Waals surface area contributed by atoms with Crippen molar-refractivity contribution < 1.29 is 9.53 Å². The smallest absolute Gasteiger partial charge is 0.338 e. The second kappa shape index (κ2) is 8.47. The van der Waals surface area contributed by atoms with Crippen LogP contribution in [0.5, 0.6) is 0 Å². The highest BCUT2D eigenvalue weighted by Gasteiger charge is 2.33. The molecule has 0 N–H and O–H groups in total. The molecule has 3 aromatic rings. The van der Waals surface area contributed by atoms with Crippen molar-refractivity contribution in [3.63, 3.8) is 0 Å². The largest absolute Gasteiger partial charge is 0.463 e. The Hall–Kier alpha value is -3.25. The molecular formula is C25H24N2O3S. The Morgan fingerprint density at radius 3 is 2.58 bits per heavy atom. The monoisotopic (exact) mass is 432 g/mol. The Labute approximate surface area is 184 Å². The first-order chi connectivity index (χ1) is 14.9. The Bertz CT molecular complexity index is 1360. The van der Waals surface area contributed by atoms with Gasteiger partial charge in [0.2, 0.25) is 0 Å². The normalized spacial score (nSPS) is 16.1. The molecular weight excluding hydrogens is 408 g/mol. The number of rotatable bonds is 4. The maximum absolute atomic E-state index is 13.5. The average molecular weight is 433 g/mol. The number of aromatic nitrogens is 1. The van der Waals surface area contributed by atoms with E-state index < -0.39 is 12.0 Å². The van der Waals surface area contributed by atoms with Crippen LogP contribution in [0.4, 0.5) is 0 Å². The number of hydrogen-bond donors (Lipinski definition) is 0. The number of carbonyl (C=O) groups is 1. The van der Waals surface area contributed by atoms with Crippen LogP contribution in [0.2, 0.25) is 0 Å². The predicted octanol–water partition coefficient (Wildman–Crippen LogP) is 3.42. The summed E-state index contributed by atoms with van der Waals surface area (Å²) >= 11 is 1.34. The van der Waals surface area contributed by atoms with E-state index in [-0.39, 0.29) is 12.2 Å². The van der Waals surface area contributed by atoms with E-state index in [0.29, 0.717) is 20.6 Å². The molecule has 0 fully saturated rings. The van der Waals surface area contributed by atoms with Crippen LogP contribution >= 0.6 is 11.3 Å². The molecule has 6 heteroatoms. The minimum atomic E-state index is -0.572. The zero-order valence-corrected chi connectivity index (χ0v) is 18.8. The van der Waals surface area contributed by atoms with Crippen LogP contribution in [0.25, 0.3) is 6.08 Å². The summed E-state index contributed by atoms with van der Waals surface area (Å²) in [5.41, 5.74) is 4.94. The number of carbonyl (C=O) groups excluding carboxylic acids is 1. The van der Waals surface area contributed by atoms with Gasteiger partial charge in [0, 0.05) is 0 Å². The second-order valence-electron chi connectivity index (χ2n) is 7.57. The van der Waals surface area contributed by atoms with Crippen LogP contribution in [0.3, 0.4) is 0 Å². The number of fused-ring (bicyclic) bond motifs is 1. The lowest BCUT2D eigenvalue weighted by atomic mass is 9.96. The fraction of sp³-hybridized carbons (Fsp3) is 0.240. The van der Waals surface area contributed by atoms with Crippen molar-refractivity contribution in [1.82, 2.24) is 4.57 Å². The van der Waals surface area contributed by atoms with Crippen LogP contribution in [-0.4, -0.2) is 17.1 Å². The zero-order valence-electron chi connectivity index (χ0n) is 18.0. The van der Waals surface area contributed by atoms with Gasteiger partial charge in [0.1, 0.15) is 0 Å². The van der Waals surface area contributed by atoms with Crippen molar-refractivity contribution in [1.29, 1.82) is 0 Å².